The van der Waals surface area contributed by atoms with E-state index in [4.69, 9.17) is 0 Å². The predicted octanol–water partition coefficient (Wildman–Crippen LogP) is 4.50. The van der Waals surface area contributed by atoms with E-state index in [0.717, 1.165) is 0 Å². The maximum atomic E-state index is 2.29. The van der Waals surface area contributed by atoms with Crippen LogP contribution in [0.2, 0.25) is 0 Å². The first-order chi connectivity index (χ1) is 12.4. The number of rotatable bonds is 4. The molecular weight excluding hydrogens is 376 g/mol. The summed E-state index contributed by atoms with van der Waals surface area (Å²) >= 11 is 0. The Bertz CT molecular complexity index is 767. The van der Waals surface area contributed by atoms with Gasteiger partial charge in [-0.25, -0.2) is 0 Å². The standard InChI is InChI=1S/C24H21P.3FH/c1-5-13-21(14-6-1)25(22-15-7-2-8-16-22,23-17-9-3-10-18-23)24-19-11-4-12-20-24;;;/h1-20,25H;3*1H. The summed E-state index contributed by atoms with van der Waals surface area (Å²) in [6.45, 7) is 0. The van der Waals surface area contributed by atoms with Crippen molar-refractivity contribution < 1.29 is 14.1 Å². The summed E-state index contributed by atoms with van der Waals surface area (Å²) in [5.41, 5.74) is 0. The van der Waals surface area contributed by atoms with Crippen molar-refractivity contribution >= 4 is 28.5 Å². The molecule has 4 aromatic carbocycles. The molecule has 4 heteroatoms. The fourth-order valence-electron chi connectivity index (χ4n) is 3.75. The van der Waals surface area contributed by atoms with Gasteiger partial charge in [0.15, 0.2) is 0 Å². The van der Waals surface area contributed by atoms with Crippen molar-refractivity contribution in [3.8, 4) is 0 Å². The molecule has 4 rings (SSSR count). The van der Waals surface area contributed by atoms with Gasteiger partial charge in [-0.05, 0) is 0 Å². The summed E-state index contributed by atoms with van der Waals surface area (Å²) in [5.74, 6) is 0. The predicted molar refractivity (Wildman–Crippen MR) is 120 cm³/mol. The minimum atomic E-state index is -2.30. The quantitative estimate of drug-likeness (QED) is 0.443. The number of benzene rings is 4. The van der Waals surface area contributed by atoms with Crippen molar-refractivity contribution in [2.75, 3.05) is 0 Å². The fourth-order valence-corrected chi connectivity index (χ4v) is 8.52. The van der Waals surface area contributed by atoms with Gasteiger partial charge >= 0.3 is 150 Å². The van der Waals surface area contributed by atoms with Crippen LogP contribution >= 0.6 is 7.26 Å². The van der Waals surface area contributed by atoms with Crippen LogP contribution in [0, 0.1) is 0 Å². The second-order valence-corrected chi connectivity index (χ2v) is 10.0. The molecule has 146 valence electrons. The molecule has 0 aromatic heterocycles. The van der Waals surface area contributed by atoms with Crippen molar-refractivity contribution in [2.45, 2.75) is 0 Å². The molecule has 0 amide bonds. The summed E-state index contributed by atoms with van der Waals surface area (Å²) in [5, 5.41) is 5.66. The Labute approximate surface area is 164 Å². The van der Waals surface area contributed by atoms with Crippen molar-refractivity contribution in [1.82, 2.24) is 0 Å². The summed E-state index contributed by atoms with van der Waals surface area (Å²) in [6.07, 6.45) is 0. The Kier molecular flexibility index (Phi) is 8.63. The van der Waals surface area contributed by atoms with Gasteiger partial charge in [0.05, 0.1) is 0 Å². The van der Waals surface area contributed by atoms with Crippen LogP contribution in [-0.2, 0) is 0 Å². The van der Waals surface area contributed by atoms with E-state index < -0.39 is 7.26 Å². The normalized spacial score (nSPS) is 10.6. The van der Waals surface area contributed by atoms with Gasteiger partial charge in [-0.15, -0.1) is 0 Å². The maximum absolute atomic E-state index is 2.30. The van der Waals surface area contributed by atoms with E-state index in [2.05, 4.69) is 121 Å². The topological polar surface area (TPSA) is 0 Å². The van der Waals surface area contributed by atoms with E-state index in [9.17, 15) is 0 Å². The first-order valence-corrected chi connectivity index (χ1v) is 10.6. The molecule has 0 aliphatic carbocycles. The third-order valence-corrected chi connectivity index (χ3v) is 9.62. The molecule has 0 N–H and O–H groups in total. The Hall–Kier alpha value is -2.90. The summed E-state index contributed by atoms with van der Waals surface area (Å²) in [7, 11) is -2.30. The second kappa shape index (κ2) is 10.4. The SMILES string of the molecule is F.F.F.c1ccc([PH](c2ccccc2)(c2ccccc2)c2ccccc2)cc1. The van der Waals surface area contributed by atoms with Crippen LogP contribution in [0.3, 0.4) is 0 Å². The molecule has 0 atom stereocenters. The molecule has 0 aliphatic heterocycles. The van der Waals surface area contributed by atoms with E-state index in [1.807, 2.05) is 0 Å². The average molecular weight is 400 g/mol. The van der Waals surface area contributed by atoms with Crippen molar-refractivity contribution in [2.24, 2.45) is 0 Å². The van der Waals surface area contributed by atoms with Crippen LogP contribution in [-0.4, -0.2) is 0 Å². The molecule has 0 nitrogen and oxygen atoms in total. The third kappa shape index (κ3) is 4.00. The van der Waals surface area contributed by atoms with Crippen molar-refractivity contribution in [1.29, 1.82) is 0 Å². The Balaban J connectivity index is 0.00000131. The summed E-state index contributed by atoms with van der Waals surface area (Å²) in [6, 6.07) is 44.0. The van der Waals surface area contributed by atoms with Gasteiger partial charge < -0.3 is 0 Å². The van der Waals surface area contributed by atoms with E-state index in [0.29, 0.717) is 0 Å². The molecule has 0 unspecified atom stereocenters. The van der Waals surface area contributed by atoms with Gasteiger partial charge in [-0.2, -0.15) is 0 Å². The first kappa shape index (κ1) is 23.1. The van der Waals surface area contributed by atoms with Gasteiger partial charge in [0.2, 0.25) is 0 Å². The average Bonchev–Trinajstić information content (AvgIpc) is 2.72. The van der Waals surface area contributed by atoms with Gasteiger partial charge in [-0.1, -0.05) is 0 Å². The van der Waals surface area contributed by atoms with E-state index in [1.165, 1.54) is 21.2 Å². The second-order valence-electron chi connectivity index (χ2n) is 6.21. The van der Waals surface area contributed by atoms with Crippen LogP contribution in [0.15, 0.2) is 121 Å². The monoisotopic (exact) mass is 400 g/mol. The van der Waals surface area contributed by atoms with E-state index in [1.54, 1.807) is 0 Å². The van der Waals surface area contributed by atoms with Crippen LogP contribution in [0.1, 0.15) is 0 Å². The summed E-state index contributed by atoms with van der Waals surface area (Å²) in [4.78, 5) is 0. The molecule has 0 fully saturated rings. The zero-order chi connectivity index (χ0) is 17.0. The van der Waals surface area contributed by atoms with Gasteiger partial charge in [0.1, 0.15) is 0 Å². The Morgan fingerprint density at radius 1 is 0.286 bits per heavy atom. The van der Waals surface area contributed by atoms with Crippen molar-refractivity contribution in [3.63, 3.8) is 0 Å². The van der Waals surface area contributed by atoms with Crippen LogP contribution in [0.25, 0.3) is 0 Å². The van der Waals surface area contributed by atoms with Crippen LogP contribution < -0.4 is 21.2 Å². The zero-order valence-electron chi connectivity index (χ0n) is 15.3. The molecule has 28 heavy (non-hydrogen) atoms. The molecule has 0 saturated heterocycles. The number of halogens is 3. The van der Waals surface area contributed by atoms with Gasteiger partial charge in [0.25, 0.3) is 0 Å². The van der Waals surface area contributed by atoms with Crippen LogP contribution in [0.4, 0.5) is 14.1 Å². The van der Waals surface area contributed by atoms with E-state index >= 15 is 0 Å². The molecule has 0 saturated carbocycles. The van der Waals surface area contributed by atoms with E-state index in [-0.39, 0.29) is 14.1 Å². The molecule has 4 aromatic rings. The molecule has 0 radical (unpaired) electrons. The third-order valence-electron chi connectivity index (χ3n) is 4.83. The number of hydrogen-bond acceptors (Lipinski definition) is 0. The van der Waals surface area contributed by atoms with Gasteiger partial charge in [-0.3, -0.25) is 14.1 Å². The molecule has 0 spiro atoms. The molecule has 0 aliphatic rings. The van der Waals surface area contributed by atoms with Gasteiger partial charge in [0, 0.05) is 0 Å². The molecular formula is C24H24F3P. The Morgan fingerprint density at radius 3 is 0.643 bits per heavy atom. The fraction of sp³-hybridized carbons (Fsp3) is 0. The first-order valence-electron chi connectivity index (χ1n) is 8.64. The van der Waals surface area contributed by atoms with Crippen LogP contribution in [0.5, 0.6) is 0 Å². The molecule has 0 heterocycles. The minimum absolute atomic E-state index is 0. The summed E-state index contributed by atoms with van der Waals surface area (Å²) < 4.78 is 0. The van der Waals surface area contributed by atoms with Crippen molar-refractivity contribution in [3.05, 3.63) is 121 Å². The molecule has 0 bridgehead atoms. The zero-order valence-corrected chi connectivity index (χ0v) is 16.3. The number of hydrogen-bond donors (Lipinski definition) is 0. The Morgan fingerprint density at radius 2 is 0.464 bits per heavy atom.